The molecule has 164 valence electrons. The summed E-state index contributed by atoms with van der Waals surface area (Å²) in [5.41, 5.74) is 2.61. The van der Waals surface area contributed by atoms with Gasteiger partial charge in [-0.25, -0.2) is 4.79 Å². The summed E-state index contributed by atoms with van der Waals surface area (Å²) in [6.07, 6.45) is 6.15. The van der Waals surface area contributed by atoms with E-state index in [0.717, 1.165) is 41.3 Å². The number of benzene rings is 1. The molecule has 0 radical (unpaired) electrons. The van der Waals surface area contributed by atoms with Gasteiger partial charge < -0.3 is 14.6 Å². The van der Waals surface area contributed by atoms with E-state index >= 15 is 0 Å². The Bertz CT molecular complexity index is 924. The van der Waals surface area contributed by atoms with E-state index < -0.39 is 5.60 Å². The van der Waals surface area contributed by atoms with Crippen molar-refractivity contribution in [3.8, 4) is 0 Å². The van der Waals surface area contributed by atoms with E-state index in [1.807, 2.05) is 47.7 Å². The summed E-state index contributed by atoms with van der Waals surface area (Å²) in [6, 6.07) is 4.97. The van der Waals surface area contributed by atoms with Crippen LogP contribution < -0.4 is 0 Å². The number of hydrogen-bond donors (Lipinski definition) is 1. The number of nitrogens with one attached hydrogen (secondary N) is 1. The highest BCUT2D eigenvalue weighted by molar-refractivity contribution is 5.94. The van der Waals surface area contributed by atoms with Crippen molar-refractivity contribution in [3.63, 3.8) is 0 Å². The van der Waals surface area contributed by atoms with Crippen molar-refractivity contribution in [1.82, 2.24) is 9.88 Å². The normalized spacial score (nSPS) is 16.3. The number of nitro groups is 1. The van der Waals surface area contributed by atoms with Crippen LogP contribution in [0.4, 0.5) is 10.5 Å². The number of aromatic nitrogens is 1. The molecular weight excluding hydrogens is 382 g/mol. The third-order valence-electron chi connectivity index (χ3n) is 5.01. The van der Waals surface area contributed by atoms with Crippen LogP contribution in [0, 0.1) is 10.1 Å². The Balaban J connectivity index is 0.00000155. The first-order chi connectivity index (χ1) is 14.2. The second kappa shape index (κ2) is 9.78. The maximum absolute atomic E-state index is 12.5. The first-order valence-electron chi connectivity index (χ1n) is 10.6. The molecule has 0 aliphatic heterocycles. The summed E-state index contributed by atoms with van der Waals surface area (Å²) in [5, 5.41) is 12.0. The lowest BCUT2D eigenvalue weighted by atomic mass is 9.90. The standard InChI is InChI=1S/C21H27N3O4.C2H6/c1-5-23(20(25)28-21(2,3)4)15-8-6-14(7-9-15)18-13-22-19-11-10-16(24(26)27)12-17(18)19;1-2/h6,10-13,15,22H,5,7-9H2,1-4H3;1-2H3. The summed E-state index contributed by atoms with van der Waals surface area (Å²) in [5.74, 6) is 0. The van der Waals surface area contributed by atoms with Gasteiger partial charge in [-0.2, -0.15) is 0 Å². The largest absolute Gasteiger partial charge is 0.444 e. The topological polar surface area (TPSA) is 88.5 Å². The molecule has 0 bridgehead atoms. The number of nitro benzene ring substituents is 1. The van der Waals surface area contributed by atoms with Crippen LogP contribution in [0.25, 0.3) is 16.5 Å². The van der Waals surface area contributed by atoms with Crippen LogP contribution in [0.3, 0.4) is 0 Å². The second-order valence-electron chi connectivity index (χ2n) is 8.11. The molecule has 3 rings (SSSR count). The summed E-state index contributed by atoms with van der Waals surface area (Å²) >= 11 is 0. The van der Waals surface area contributed by atoms with Gasteiger partial charge in [-0.15, -0.1) is 0 Å². The lowest BCUT2D eigenvalue weighted by Crippen LogP contribution is -2.43. The fourth-order valence-corrected chi connectivity index (χ4v) is 3.69. The van der Waals surface area contributed by atoms with Gasteiger partial charge in [0, 0.05) is 47.4 Å². The van der Waals surface area contributed by atoms with E-state index in [9.17, 15) is 14.9 Å². The molecule has 1 amide bonds. The monoisotopic (exact) mass is 415 g/mol. The number of nitrogens with zero attached hydrogens (tertiary/aromatic N) is 2. The molecule has 7 heteroatoms. The quantitative estimate of drug-likeness (QED) is 0.469. The molecule has 1 aromatic heterocycles. The zero-order chi connectivity index (χ0) is 22.5. The zero-order valence-electron chi connectivity index (χ0n) is 18.8. The first kappa shape index (κ1) is 23.4. The lowest BCUT2D eigenvalue weighted by molar-refractivity contribution is -0.384. The van der Waals surface area contributed by atoms with Gasteiger partial charge in [0.1, 0.15) is 5.60 Å². The second-order valence-corrected chi connectivity index (χ2v) is 8.11. The zero-order valence-corrected chi connectivity index (χ0v) is 18.8. The molecule has 2 aromatic rings. The molecule has 0 saturated heterocycles. The molecular formula is C23H33N3O4. The average Bonchev–Trinajstić information content (AvgIpc) is 3.12. The van der Waals surface area contributed by atoms with E-state index in [0.29, 0.717) is 6.54 Å². The molecule has 1 unspecified atom stereocenters. The first-order valence-corrected chi connectivity index (χ1v) is 10.6. The number of amides is 1. The van der Waals surface area contributed by atoms with Crippen LogP contribution in [0.1, 0.15) is 66.4 Å². The number of hydrogen-bond acceptors (Lipinski definition) is 4. The molecule has 30 heavy (non-hydrogen) atoms. The molecule has 1 N–H and O–H groups in total. The molecule has 1 aliphatic carbocycles. The minimum Gasteiger partial charge on any atom is -0.444 e. The number of ether oxygens (including phenoxy) is 1. The summed E-state index contributed by atoms with van der Waals surface area (Å²) < 4.78 is 5.53. The number of non-ortho nitro benzene ring substituents is 1. The predicted molar refractivity (Wildman–Crippen MR) is 121 cm³/mol. The van der Waals surface area contributed by atoms with Crippen molar-refractivity contribution in [2.24, 2.45) is 0 Å². The Kier molecular flexibility index (Phi) is 7.65. The molecule has 1 heterocycles. The van der Waals surface area contributed by atoms with Crippen LogP contribution >= 0.6 is 0 Å². The molecule has 1 atom stereocenters. The highest BCUT2D eigenvalue weighted by Crippen LogP contribution is 2.35. The fourth-order valence-electron chi connectivity index (χ4n) is 3.69. The van der Waals surface area contributed by atoms with E-state index in [2.05, 4.69) is 11.1 Å². The highest BCUT2D eigenvalue weighted by atomic mass is 16.6. The maximum atomic E-state index is 12.5. The third-order valence-corrected chi connectivity index (χ3v) is 5.01. The maximum Gasteiger partial charge on any atom is 0.410 e. The van der Waals surface area contributed by atoms with Gasteiger partial charge in [-0.1, -0.05) is 19.9 Å². The number of carbonyl (C=O) groups excluding carboxylic acids is 1. The van der Waals surface area contributed by atoms with Crippen molar-refractivity contribution in [2.45, 2.75) is 72.4 Å². The number of aromatic amines is 1. The summed E-state index contributed by atoms with van der Waals surface area (Å²) in [4.78, 5) is 28.2. The average molecular weight is 416 g/mol. The van der Waals surface area contributed by atoms with Crippen molar-refractivity contribution < 1.29 is 14.5 Å². The third kappa shape index (κ3) is 5.40. The molecule has 1 aromatic carbocycles. The van der Waals surface area contributed by atoms with Gasteiger partial charge in [-0.05, 0) is 58.6 Å². The predicted octanol–water partition coefficient (Wildman–Crippen LogP) is 6.30. The number of carbonyl (C=O) groups is 1. The lowest BCUT2D eigenvalue weighted by Gasteiger charge is -2.34. The van der Waals surface area contributed by atoms with Crippen LogP contribution in [-0.2, 0) is 4.74 Å². The van der Waals surface area contributed by atoms with Gasteiger partial charge in [0.2, 0.25) is 0 Å². The highest BCUT2D eigenvalue weighted by Gasteiger charge is 2.29. The van der Waals surface area contributed by atoms with Crippen LogP contribution in [-0.4, -0.2) is 39.1 Å². The van der Waals surface area contributed by atoms with Crippen molar-refractivity contribution >= 4 is 28.3 Å². The van der Waals surface area contributed by atoms with Gasteiger partial charge in [0.15, 0.2) is 0 Å². The van der Waals surface area contributed by atoms with E-state index in [1.165, 1.54) is 6.07 Å². The smallest absolute Gasteiger partial charge is 0.410 e. The molecule has 1 aliphatic rings. The Morgan fingerprint density at radius 1 is 1.33 bits per heavy atom. The van der Waals surface area contributed by atoms with E-state index in [1.54, 1.807) is 17.0 Å². The molecule has 0 saturated carbocycles. The van der Waals surface area contributed by atoms with Crippen molar-refractivity contribution in [2.75, 3.05) is 6.54 Å². The van der Waals surface area contributed by atoms with Crippen molar-refractivity contribution in [1.29, 1.82) is 0 Å². The SMILES string of the molecule is CC.CCN(C(=O)OC(C)(C)C)C1CC=C(c2c[nH]c3ccc([N+](=O)[O-])cc23)CC1. The number of fused-ring (bicyclic) bond motifs is 1. The summed E-state index contributed by atoms with van der Waals surface area (Å²) in [7, 11) is 0. The van der Waals surface area contributed by atoms with Crippen LogP contribution in [0.15, 0.2) is 30.5 Å². The number of rotatable bonds is 4. The van der Waals surface area contributed by atoms with E-state index in [4.69, 9.17) is 4.74 Å². The van der Waals surface area contributed by atoms with Gasteiger partial charge in [-0.3, -0.25) is 10.1 Å². The van der Waals surface area contributed by atoms with Gasteiger partial charge in [0.05, 0.1) is 4.92 Å². The molecule has 0 spiro atoms. The minimum absolute atomic E-state index is 0.0877. The minimum atomic E-state index is -0.515. The van der Waals surface area contributed by atoms with Gasteiger partial charge >= 0.3 is 6.09 Å². The number of allylic oxidation sites excluding steroid dienone is 1. The number of H-pyrrole nitrogens is 1. The Morgan fingerprint density at radius 3 is 2.57 bits per heavy atom. The van der Waals surface area contributed by atoms with Gasteiger partial charge in [0.25, 0.3) is 5.69 Å². The van der Waals surface area contributed by atoms with Crippen molar-refractivity contribution in [3.05, 3.63) is 46.1 Å². The molecule has 7 nitrogen and oxygen atoms in total. The van der Waals surface area contributed by atoms with Crippen LogP contribution in [0.5, 0.6) is 0 Å². The Labute approximate surface area is 178 Å². The van der Waals surface area contributed by atoms with E-state index in [-0.39, 0.29) is 22.7 Å². The fraction of sp³-hybridized carbons (Fsp3) is 0.522. The van der Waals surface area contributed by atoms with Crippen LogP contribution in [0.2, 0.25) is 0 Å². The Hall–Kier alpha value is -2.83. The molecule has 0 fully saturated rings. The Morgan fingerprint density at radius 2 is 2.03 bits per heavy atom. The summed E-state index contributed by atoms with van der Waals surface area (Å²) in [6.45, 7) is 12.2.